The lowest BCUT2D eigenvalue weighted by molar-refractivity contribution is -0.228. The summed E-state index contributed by atoms with van der Waals surface area (Å²) in [6, 6.07) is 13.1. The van der Waals surface area contributed by atoms with Gasteiger partial charge in [-0.1, -0.05) is 6.07 Å². The third-order valence-electron chi connectivity index (χ3n) is 17.0. The lowest BCUT2D eigenvalue weighted by Gasteiger charge is -2.54. The topological polar surface area (TPSA) is 480 Å². The Hall–Kier alpha value is -11.0. The SMILES string of the molecule is Oc1cc(O)c2c(c1)O[C@@H](c1cc(O)c(O)c(O)c1)[C@@H](O)[C@@H]2c1c(O)cc(O)c2c1O[C@]1(c3cc(O)c(O)c(O)c3)Oc3cc(O)c4c(c3[C@H]2C1O)O[C@]1(c2cc(O)c(O)c(O)c2)Oc2cc(O)c3c(c2[C@H]4C1O)O[C@H](c1ccc(O)c(O)c1)[C@H](O)C3. The Labute approximate surface area is 485 Å². The van der Waals surface area contributed by atoms with E-state index >= 15 is 0 Å². The van der Waals surface area contributed by atoms with Crippen LogP contribution in [0.3, 0.4) is 0 Å². The van der Waals surface area contributed by atoms with Crippen LogP contribution in [-0.4, -0.2) is 132 Å². The average Bonchev–Trinajstić information content (AvgIpc) is 0.685. The van der Waals surface area contributed by atoms with Gasteiger partial charge in [-0.05, 0) is 54.1 Å². The van der Waals surface area contributed by atoms with Crippen LogP contribution in [0.1, 0.15) is 91.2 Å². The minimum atomic E-state index is -2.95. The Morgan fingerprint density at radius 1 is 0.333 bits per heavy atom. The van der Waals surface area contributed by atoms with Gasteiger partial charge >= 0.3 is 11.6 Å². The molecule has 0 aliphatic carbocycles. The van der Waals surface area contributed by atoms with Gasteiger partial charge in [-0.2, -0.15) is 0 Å². The van der Waals surface area contributed by atoms with Crippen LogP contribution in [0.25, 0.3) is 0 Å². The maximum absolute atomic E-state index is 13.3. The predicted molar refractivity (Wildman–Crippen MR) is 286 cm³/mol. The molecule has 0 fully saturated rings. The molecule has 11 atom stereocenters. The summed E-state index contributed by atoms with van der Waals surface area (Å²) in [5.41, 5.74) is -3.89. The number of aliphatic hydroxyl groups excluding tert-OH is 4. The third kappa shape index (κ3) is 7.30. The monoisotopic (exact) mass is 1200 g/mol. The van der Waals surface area contributed by atoms with Crippen LogP contribution in [0.2, 0.25) is 0 Å². The van der Waals surface area contributed by atoms with Crippen molar-refractivity contribution in [2.45, 2.75) is 72.4 Å². The molecule has 6 heterocycles. The first-order valence-corrected chi connectivity index (χ1v) is 26.3. The molecule has 6 aliphatic rings. The molecule has 21 N–H and O–H groups in total. The van der Waals surface area contributed by atoms with Gasteiger partial charge in [-0.15, -0.1) is 0 Å². The number of benzene rings is 8. The van der Waals surface area contributed by atoms with Crippen molar-refractivity contribution in [3.63, 3.8) is 0 Å². The van der Waals surface area contributed by atoms with Crippen LogP contribution in [0, 0.1) is 0 Å². The zero-order valence-electron chi connectivity index (χ0n) is 43.8. The summed E-state index contributed by atoms with van der Waals surface area (Å²) in [7, 11) is 0. The van der Waals surface area contributed by atoms with Crippen molar-refractivity contribution in [1.82, 2.24) is 0 Å². The Bertz CT molecular complexity index is 4290. The lowest BCUT2D eigenvalue weighted by atomic mass is 9.69. The number of rotatable bonds is 5. The quantitative estimate of drug-likeness (QED) is 0.105. The molecule has 14 rings (SSSR count). The molecule has 0 aromatic heterocycles. The summed E-state index contributed by atoms with van der Waals surface area (Å²) in [4.78, 5) is 0. The average molecular weight is 1200 g/mol. The first kappa shape index (κ1) is 54.0. The van der Waals surface area contributed by atoms with Crippen LogP contribution < -0.4 is 28.4 Å². The maximum Gasteiger partial charge on any atom is 0.305 e. The van der Waals surface area contributed by atoms with E-state index in [4.69, 9.17) is 28.4 Å². The summed E-state index contributed by atoms with van der Waals surface area (Å²) < 4.78 is 39.4. The minimum absolute atomic E-state index is 0.0897. The van der Waals surface area contributed by atoms with Gasteiger partial charge in [0.15, 0.2) is 69.3 Å². The Balaban J connectivity index is 1.06. The Kier molecular flexibility index (Phi) is 11.2. The fraction of sp³-hybridized carbons (Fsp3) is 0.200. The Morgan fingerprint density at radius 2 is 0.782 bits per heavy atom. The van der Waals surface area contributed by atoms with E-state index in [1.165, 1.54) is 6.07 Å². The zero-order chi connectivity index (χ0) is 61.7. The molecule has 448 valence electrons. The fourth-order valence-electron chi connectivity index (χ4n) is 13.1. The molecule has 8 aromatic rings. The Morgan fingerprint density at radius 3 is 1.31 bits per heavy atom. The normalized spacial score (nSPS) is 25.8. The summed E-state index contributed by atoms with van der Waals surface area (Å²) in [5, 5.41) is 240. The van der Waals surface area contributed by atoms with Crippen LogP contribution in [0.4, 0.5) is 0 Å². The van der Waals surface area contributed by atoms with Crippen LogP contribution in [0.5, 0.6) is 132 Å². The minimum Gasteiger partial charge on any atom is -0.508 e. The molecular weight excluding hydrogens is 1150 g/mol. The number of hydrogen-bond donors (Lipinski definition) is 21. The summed E-state index contributed by atoms with van der Waals surface area (Å²) in [6.07, 6.45) is -11.7. The highest BCUT2D eigenvalue weighted by molar-refractivity contribution is 5.76. The van der Waals surface area contributed by atoms with Crippen molar-refractivity contribution in [3.05, 3.63) is 146 Å². The second kappa shape index (κ2) is 18.0. The van der Waals surface area contributed by atoms with E-state index < -0.39 is 232 Å². The standard InChI is InChI=1S/C60H46O27/c61-20-10-25(65)39-36(11-20)82-53(17-4-29(69)48(76)30(70)5-17)51(79)45(39)40-26(66)13-27(67)41-47-44-38(85-59(58(47)81,86-55(40)41)18-6-31(71)49(77)32(72)7-18)15-28(68)42-46-43-37(84-60(57(46)80,87-56(42)44)19-8-33(73)50(78)34(74)9-19)14-23(63)21-12-35(75)52(83-54(21)43)16-1-2-22(62)24(64)3-16/h1-11,13-15,35,45-47,51-53,57-58,61-81H,12H2/t35-,45+,46+,47+,51+,52-,53+,57?,58?,59+,60+/m1/s1. The lowest BCUT2D eigenvalue weighted by Crippen LogP contribution is -2.60. The van der Waals surface area contributed by atoms with Gasteiger partial charge < -0.3 is 136 Å². The van der Waals surface area contributed by atoms with E-state index in [1.54, 1.807) is 0 Å². The van der Waals surface area contributed by atoms with E-state index in [-0.39, 0.29) is 33.8 Å². The van der Waals surface area contributed by atoms with Gasteiger partial charge in [0.05, 0.1) is 23.9 Å². The summed E-state index contributed by atoms with van der Waals surface area (Å²) in [6.45, 7) is 0. The fourth-order valence-corrected chi connectivity index (χ4v) is 13.1. The molecule has 8 aromatic carbocycles. The largest absolute Gasteiger partial charge is 0.508 e. The van der Waals surface area contributed by atoms with Gasteiger partial charge in [0, 0.05) is 92.4 Å². The smallest absolute Gasteiger partial charge is 0.305 e. The third-order valence-corrected chi connectivity index (χ3v) is 17.0. The highest BCUT2D eigenvalue weighted by Gasteiger charge is 2.66. The van der Waals surface area contributed by atoms with Crippen LogP contribution in [-0.2, 0) is 18.0 Å². The highest BCUT2D eigenvalue weighted by Crippen LogP contribution is 2.70. The van der Waals surface area contributed by atoms with Gasteiger partial charge in [0.1, 0.15) is 93.4 Å². The molecule has 0 spiro atoms. The summed E-state index contributed by atoms with van der Waals surface area (Å²) >= 11 is 0. The molecular formula is C60H46O27. The van der Waals surface area contributed by atoms with E-state index in [9.17, 15) is 107 Å². The second-order valence-electron chi connectivity index (χ2n) is 21.9. The number of phenolic OH excluding ortho intramolecular Hbond substituents is 17. The molecule has 27 heteroatoms. The first-order valence-electron chi connectivity index (χ1n) is 26.3. The van der Waals surface area contributed by atoms with Crippen LogP contribution >= 0.6 is 0 Å². The van der Waals surface area contributed by atoms with Crippen molar-refractivity contribution < 1.29 is 136 Å². The van der Waals surface area contributed by atoms with Gasteiger partial charge in [-0.25, -0.2) is 0 Å². The molecule has 0 radical (unpaired) electrons. The molecule has 27 nitrogen and oxygen atoms in total. The molecule has 6 aliphatic heterocycles. The highest BCUT2D eigenvalue weighted by atomic mass is 16.7. The first-order chi connectivity index (χ1) is 41.2. The molecule has 2 unspecified atom stereocenters. The van der Waals surface area contributed by atoms with Gasteiger partial charge in [0.25, 0.3) is 0 Å². The van der Waals surface area contributed by atoms with Crippen LogP contribution in [0.15, 0.2) is 84.9 Å². The van der Waals surface area contributed by atoms with E-state index in [0.29, 0.717) is 0 Å². The number of aromatic hydroxyl groups is 17. The van der Waals surface area contributed by atoms with Gasteiger partial charge in [-0.3, -0.25) is 0 Å². The van der Waals surface area contributed by atoms with E-state index in [0.717, 1.165) is 78.9 Å². The molecule has 87 heavy (non-hydrogen) atoms. The molecule has 0 amide bonds. The molecule has 0 saturated carbocycles. The number of hydrogen-bond acceptors (Lipinski definition) is 27. The van der Waals surface area contributed by atoms with Gasteiger partial charge in [0.2, 0.25) is 0 Å². The number of ether oxygens (including phenoxy) is 6. The van der Waals surface area contributed by atoms with Crippen molar-refractivity contribution in [2.24, 2.45) is 0 Å². The predicted octanol–water partition coefficient (Wildman–Crippen LogP) is 4.61. The summed E-state index contributed by atoms with van der Waals surface area (Å²) in [5.74, 6) is -29.3. The van der Waals surface area contributed by atoms with Crippen molar-refractivity contribution in [2.75, 3.05) is 0 Å². The van der Waals surface area contributed by atoms with E-state index in [1.807, 2.05) is 0 Å². The number of phenols is 17. The second-order valence-corrected chi connectivity index (χ2v) is 21.9. The zero-order valence-corrected chi connectivity index (χ0v) is 43.8. The van der Waals surface area contributed by atoms with Crippen molar-refractivity contribution in [1.29, 1.82) is 0 Å². The molecule has 4 bridgehead atoms. The number of aliphatic hydroxyl groups is 4. The number of fused-ring (bicyclic) bond motifs is 16. The molecule has 0 saturated heterocycles. The maximum atomic E-state index is 13.3. The van der Waals surface area contributed by atoms with Crippen molar-refractivity contribution in [3.8, 4) is 132 Å². The van der Waals surface area contributed by atoms with Crippen molar-refractivity contribution >= 4 is 0 Å². The van der Waals surface area contributed by atoms with E-state index in [2.05, 4.69) is 0 Å².